The molecule has 1 fully saturated rings. The highest BCUT2D eigenvalue weighted by Crippen LogP contribution is 2.36. The van der Waals surface area contributed by atoms with E-state index >= 15 is 0 Å². The highest BCUT2D eigenvalue weighted by atomic mass is 16.5. The number of hydrogen-bond acceptors (Lipinski definition) is 10. The molecule has 1 N–H and O–H groups in total. The third kappa shape index (κ3) is 7.54. The van der Waals surface area contributed by atoms with Gasteiger partial charge < -0.3 is 33.7 Å². The van der Waals surface area contributed by atoms with Crippen molar-refractivity contribution >= 4 is 22.8 Å². The molecule has 1 saturated carbocycles. The first kappa shape index (κ1) is 31.4. The summed E-state index contributed by atoms with van der Waals surface area (Å²) in [5.41, 5.74) is 1.74. The highest BCUT2D eigenvalue weighted by Gasteiger charge is 2.25. The van der Waals surface area contributed by atoms with Crippen molar-refractivity contribution < 1.29 is 38.0 Å². The van der Waals surface area contributed by atoms with Crippen LogP contribution in [0.2, 0.25) is 0 Å². The molecule has 1 aliphatic rings. The quantitative estimate of drug-likeness (QED) is 0.188. The maximum absolute atomic E-state index is 13.3. The van der Waals surface area contributed by atoms with Crippen LogP contribution in [-0.4, -0.2) is 62.2 Å². The van der Waals surface area contributed by atoms with E-state index in [2.05, 4.69) is 15.5 Å². The number of carbonyl (C=O) groups is 2. The third-order valence-corrected chi connectivity index (χ3v) is 7.60. The number of nitrogens with one attached hydrogen (secondary N) is 1. The molecule has 1 amide bonds. The normalized spacial score (nSPS) is 13.6. The molecule has 1 aromatic heterocycles. The number of esters is 1. The predicted octanol–water partition coefficient (Wildman–Crippen LogP) is 5.67. The Morgan fingerprint density at radius 3 is 2.27 bits per heavy atom. The minimum atomic E-state index is -0.915. The smallest absolute Gasteiger partial charge is 0.328 e. The molecule has 0 saturated heterocycles. The van der Waals surface area contributed by atoms with Gasteiger partial charge >= 0.3 is 5.97 Å². The fraction of sp³-hybridized carbons (Fsp3) is 0.353. The summed E-state index contributed by atoms with van der Waals surface area (Å²) in [6.45, 7) is 1.91. The lowest BCUT2D eigenvalue weighted by Crippen LogP contribution is -2.43. The van der Waals surface area contributed by atoms with Gasteiger partial charge in [0.1, 0.15) is 17.3 Å². The van der Waals surface area contributed by atoms with Crippen molar-refractivity contribution in [2.45, 2.75) is 51.2 Å². The first-order chi connectivity index (χ1) is 21.9. The molecule has 1 heterocycles. The van der Waals surface area contributed by atoms with E-state index in [1.165, 1.54) is 6.20 Å². The second kappa shape index (κ2) is 14.6. The molecule has 4 aromatic rings. The van der Waals surface area contributed by atoms with E-state index in [9.17, 15) is 9.59 Å². The van der Waals surface area contributed by atoms with Crippen molar-refractivity contribution in [1.82, 2.24) is 15.5 Å². The Labute approximate surface area is 261 Å². The van der Waals surface area contributed by atoms with Crippen LogP contribution in [-0.2, 0) is 16.0 Å². The molecule has 11 heteroatoms. The Kier molecular flexibility index (Phi) is 10.2. The van der Waals surface area contributed by atoms with Crippen LogP contribution in [0.5, 0.6) is 34.5 Å². The zero-order chi connectivity index (χ0) is 31.8. The van der Waals surface area contributed by atoms with Gasteiger partial charge in [-0.3, -0.25) is 4.79 Å². The van der Waals surface area contributed by atoms with Crippen molar-refractivity contribution in [3.05, 3.63) is 71.9 Å². The number of methoxy groups -OCH3 is 3. The van der Waals surface area contributed by atoms with E-state index in [1.54, 1.807) is 70.7 Å². The summed E-state index contributed by atoms with van der Waals surface area (Å²) in [6, 6.07) is 14.8. The monoisotopic (exact) mass is 615 g/mol. The highest BCUT2D eigenvalue weighted by molar-refractivity contribution is 5.97. The van der Waals surface area contributed by atoms with Gasteiger partial charge in [0.25, 0.3) is 5.91 Å². The SMILES string of the molecule is CCOC(=O)C(Cc1ccc(Oc2cnnc3cc(OC)c(OC)cc23)cc1)NC(=O)c1ccc(OC)c(OC2CCCC2)c1. The van der Waals surface area contributed by atoms with Crippen molar-refractivity contribution in [1.29, 1.82) is 0 Å². The zero-order valence-corrected chi connectivity index (χ0v) is 25.8. The summed E-state index contributed by atoms with van der Waals surface area (Å²) in [6.07, 6.45) is 5.99. The molecular formula is C34H37N3O8. The molecular weight excluding hydrogens is 578 g/mol. The van der Waals surface area contributed by atoms with Gasteiger partial charge in [-0.2, -0.15) is 10.2 Å². The second-order valence-electron chi connectivity index (χ2n) is 10.6. The minimum absolute atomic E-state index is 0.0938. The summed E-state index contributed by atoms with van der Waals surface area (Å²) >= 11 is 0. The molecule has 0 radical (unpaired) electrons. The number of amides is 1. The zero-order valence-electron chi connectivity index (χ0n) is 25.8. The van der Waals surface area contributed by atoms with Crippen molar-refractivity contribution in [2.75, 3.05) is 27.9 Å². The first-order valence-electron chi connectivity index (χ1n) is 14.9. The lowest BCUT2D eigenvalue weighted by Gasteiger charge is -2.19. The standard InChI is InChI=1S/C34H37N3O8/c1-5-43-34(39)27(36-33(38)22-12-15-28(40-2)31(17-22)44-23-8-6-7-9-23)16-21-10-13-24(14-11-21)45-32-20-35-37-26-19-30(42-4)29(41-3)18-25(26)32/h10-15,17-20,23,27H,5-9,16H2,1-4H3,(H,36,38). The van der Waals surface area contributed by atoms with Crippen LogP contribution in [0.15, 0.2) is 60.8 Å². The number of benzene rings is 3. The van der Waals surface area contributed by atoms with Crippen LogP contribution >= 0.6 is 0 Å². The van der Waals surface area contributed by atoms with Crippen LogP contribution in [0.25, 0.3) is 10.9 Å². The lowest BCUT2D eigenvalue weighted by atomic mass is 10.0. The minimum Gasteiger partial charge on any atom is -0.493 e. The van der Waals surface area contributed by atoms with Crippen LogP contribution in [0.4, 0.5) is 0 Å². The van der Waals surface area contributed by atoms with E-state index in [1.807, 2.05) is 12.1 Å². The Morgan fingerprint density at radius 2 is 1.58 bits per heavy atom. The van der Waals surface area contributed by atoms with Gasteiger partial charge in [-0.05, 0) is 74.6 Å². The van der Waals surface area contributed by atoms with Crippen LogP contribution in [0, 0.1) is 0 Å². The fourth-order valence-electron chi connectivity index (χ4n) is 5.27. The van der Waals surface area contributed by atoms with E-state index in [4.69, 9.17) is 28.4 Å². The van der Waals surface area contributed by atoms with Crippen molar-refractivity contribution in [3.63, 3.8) is 0 Å². The van der Waals surface area contributed by atoms with E-state index in [-0.39, 0.29) is 19.1 Å². The van der Waals surface area contributed by atoms with Crippen molar-refractivity contribution in [2.24, 2.45) is 0 Å². The molecule has 0 spiro atoms. The number of ether oxygens (including phenoxy) is 6. The maximum Gasteiger partial charge on any atom is 0.328 e. The van der Waals surface area contributed by atoms with Gasteiger partial charge in [0.05, 0.1) is 45.6 Å². The maximum atomic E-state index is 13.3. The Bertz CT molecular complexity index is 1640. The molecule has 1 atom stereocenters. The number of hydrogen-bond donors (Lipinski definition) is 1. The van der Waals surface area contributed by atoms with E-state index in [0.717, 1.165) is 31.2 Å². The molecule has 1 aliphatic carbocycles. The summed E-state index contributed by atoms with van der Waals surface area (Å²) < 4.78 is 33.8. The summed E-state index contributed by atoms with van der Waals surface area (Å²) in [4.78, 5) is 26.2. The van der Waals surface area contributed by atoms with Gasteiger partial charge in [-0.15, -0.1) is 0 Å². The van der Waals surface area contributed by atoms with Gasteiger partial charge in [-0.1, -0.05) is 12.1 Å². The molecule has 5 rings (SSSR count). The number of nitrogens with zero attached hydrogens (tertiary/aromatic N) is 2. The average molecular weight is 616 g/mol. The molecule has 0 bridgehead atoms. The van der Waals surface area contributed by atoms with Crippen LogP contribution in [0.3, 0.4) is 0 Å². The summed E-state index contributed by atoms with van der Waals surface area (Å²) in [5, 5.41) is 11.8. The van der Waals surface area contributed by atoms with E-state index < -0.39 is 17.9 Å². The molecule has 0 aliphatic heterocycles. The summed E-state index contributed by atoms with van der Waals surface area (Å²) in [5.74, 6) is 2.23. The first-order valence-corrected chi connectivity index (χ1v) is 14.9. The van der Waals surface area contributed by atoms with Crippen LogP contribution < -0.4 is 29.0 Å². The lowest BCUT2D eigenvalue weighted by molar-refractivity contribution is -0.145. The Balaban J connectivity index is 1.30. The van der Waals surface area contributed by atoms with Gasteiger partial charge in [0.2, 0.25) is 0 Å². The van der Waals surface area contributed by atoms with Gasteiger partial charge in [-0.25, -0.2) is 4.79 Å². The van der Waals surface area contributed by atoms with Crippen molar-refractivity contribution in [3.8, 4) is 34.5 Å². The third-order valence-electron chi connectivity index (χ3n) is 7.60. The molecule has 236 valence electrons. The largest absolute Gasteiger partial charge is 0.493 e. The van der Waals surface area contributed by atoms with E-state index in [0.29, 0.717) is 51.0 Å². The molecule has 45 heavy (non-hydrogen) atoms. The topological polar surface area (TPSA) is 127 Å². The number of aromatic nitrogens is 2. The fourth-order valence-corrected chi connectivity index (χ4v) is 5.27. The molecule has 11 nitrogen and oxygen atoms in total. The number of fused-ring (bicyclic) bond motifs is 1. The van der Waals surface area contributed by atoms with Gasteiger partial charge in [0, 0.05) is 18.1 Å². The Hall–Kier alpha value is -5.06. The average Bonchev–Trinajstić information content (AvgIpc) is 3.58. The molecule has 3 aromatic carbocycles. The number of carbonyl (C=O) groups excluding carboxylic acids is 2. The predicted molar refractivity (Wildman–Crippen MR) is 167 cm³/mol. The molecule has 1 unspecified atom stereocenters. The van der Waals surface area contributed by atoms with Gasteiger partial charge in [0.15, 0.2) is 28.7 Å². The van der Waals surface area contributed by atoms with Crippen LogP contribution in [0.1, 0.15) is 48.5 Å². The number of rotatable bonds is 13. The summed E-state index contributed by atoms with van der Waals surface area (Å²) in [7, 11) is 4.68. The Morgan fingerprint density at radius 1 is 0.867 bits per heavy atom. The second-order valence-corrected chi connectivity index (χ2v) is 10.6.